The molecule has 2 unspecified atom stereocenters. The molecule has 2 saturated heterocycles. The molecule has 4 rings (SSSR count). The van der Waals surface area contributed by atoms with Gasteiger partial charge in [0.2, 0.25) is 5.82 Å². The third kappa shape index (κ3) is 5.84. The van der Waals surface area contributed by atoms with Crippen molar-refractivity contribution in [1.82, 2.24) is 14.9 Å². The SMILES string of the molecule is CC(C)(C)OC=O.FC(F)(F)c1nc(Cl)cc(Nc2ccc(C34CN3CCO4)cc2)n1. The van der Waals surface area contributed by atoms with Gasteiger partial charge in [-0.05, 0) is 32.9 Å². The Labute approximate surface area is 182 Å². The predicted molar refractivity (Wildman–Crippen MR) is 108 cm³/mol. The maximum Gasteiger partial charge on any atom is 0.451 e. The smallest absolute Gasteiger partial charge is 0.451 e. The molecule has 0 spiro atoms. The van der Waals surface area contributed by atoms with E-state index in [1.54, 1.807) is 12.1 Å². The number of morpholine rings is 1. The number of benzene rings is 1. The summed E-state index contributed by atoms with van der Waals surface area (Å²) in [6.07, 6.45) is -4.65. The Bertz CT molecular complexity index is 935. The minimum atomic E-state index is -4.65. The van der Waals surface area contributed by atoms with Crippen LogP contribution in [0.15, 0.2) is 30.3 Å². The van der Waals surface area contributed by atoms with E-state index in [1.165, 1.54) is 6.07 Å². The van der Waals surface area contributed by atoms with Crippen LogP contribution >= 0.6 is 11.6 Å². The molecule has 11 heteroatoms. The topological polar surface area (TPSA) is 76.3 Å². The van der Waals surface area contributed by atoms with E-state index >= 15 is 0 Å². The number of halogens is 4. The van der Waals surface area contributed by atoms with E-state index in [1.807, 2.05) is 32.9 Å². The number of alkyl halides is 3. The zero-order valence-corrected chi connectivity index (χ0v) is 17.9. The van der Waals surface area contributed by atoms with Crippen molar-refractivity contribution < 1.29 is 27.4 Å². The number of nitrogens with one attached hydrogen (secondary N) is 1. The molecule has 1 aromatic heterocycles. The molecule has 2 aromatic rings. The molecule has 2 aliphatic heterocycles. The average molecular weight is 459 g/mol. The summed E-state index contributed by atoms with van der Waals surface area (Å²) in [5.41, 5.74) is 1.01. The van der Waals surface area contributed by atoms with Crippen molar-refractivity contribution in [2.45, 2.75) is 38.3 Å². The van der Waals surface area contributed by atoms with Crippen molar-refractivity contribution in [3.8, 4) is 0 Å². The summed E-state index contributed by atoms with van der Waals surface area (Å²) in [6.45, 7) is 8.42. The molecule has 0 bridgehead atoms. The largest absolute Gasteiger partial charge is 0.462 e. The fourth-order valence-electron chi connectivity index (χ4n) is 3.02. The number of ether oxygens (including phenoxy) is 2. The van der Waals surface area contributed by atoms with Gasteiger partial charge >= 0.3 is 6.18 Å². The summed E-state index contributed by atoms with van der Waals surface area (Å²) in [5, 5.41) is 2.54. The van der Waals surface area contributed by atoms with Crippen LogP contribution < -0.4 is 5.32 Å². The first-order valence-electron chi connectivity index (χ1n) is 9.43. The van der Waals surface area contributed by atoms with Gasteiger partial charge in [0.05, 0.1) is 6.61 Å². The summed E-state index contributed by atoms with van der Waals surface area (Å²) in [6, 6.07) is 8.56. The molecule has 0 amide bonds. The van der Waals surface area contributed by atoms with E-state index < -0.39 is 12.0 Å². The molecule has 0 radical (unpaired) electrons. The minimum Gasteiger partial charge on any atom is -0.462 e. The predicted octanol–water partition coefficient (Wildman–Crippen LogP) is 4.35. The normalized spacial score (nSPS) is 22.1. The lowest BCUT2D eigenvalue weighted by atomic mass is 10.1. The maximum absolute atomic E-state index is 12.7. The molecular formula is C20H22ClF3N4O3. The number of carbonyl (C=O) groups excluding carboxylic acids is 1. The Morgan fingerprint density at radius 1 is 1.23 bits per heavy atom. The lowest BCUT2D eigenvalue weighted by molar-refractivity contribution is -0.145. The Balaban J connectivity index is 0.000000339. The van der Waals surface area contributed by atoms with Crippen LogP contribution in [-0.4, -0.2) is 46.6 Å². The van der Waals surface area contributed by atoms with Gasteiger partial charge in [0, 0.05) is 30.4 Å². The van der Waals surface area contributed by atoms with Crippen LogP contribution in [0.25, 0.3) is 0 Å². The molecule has 7 nitrogen and oxygen atoms in total. The molecule has 2 aliphatic rings. The van der Waals surface area contributed by atoms with Crippen molar-refractivity contribution in [3.05, 3.63) is 46.9 Å². The number of fused-ring (bicyclic) bond motifs is 1. The number of anilines is 2. The van der Waals surface area contributed by atoms with E-state index in [2.05, 4.69) is 24.9 Å². The van der Waals surface area contributed by atoms with Gasteiger partial charge in [-0.1, -0.05) is 23.7 Å². The first-order valence-corrected chi connectivity index (χ1v) is 9.80. The van der Waals surface area contributed by atoms with E-state index in [4.69, 9.17) is 16.3 Å². The van der Waals surface area contributed by atoms with Crippen LogP contribution in [0.3, 0.4) is 0 Å². The summed E-state index contributed by atoms with van der Waals surface area (Å²) in [7, 11) is 0. The Hall–Kier alpha value is -2.43. The number of nitrogens with zero attached hydrogens (tertiary/aromatic N) is 3. The Kier molecular flexibility index (Phi) is 6.45. The third-order valence-corrected chi connectivity index (χ3v) is 4.67. The van der Waals surface area contributed by atoms with Gasteiger partial charge in [0.25, 0.3) is 6.47 Å². The monoisotopic (exact) mass is 458 g/mol. The van der Waals surface area contributed by atoms with Gasteiger partial charge in [0.1, 0.15) is 16.6 Å². The van der Waals surface area contributed by atoms with E-state index in [-0.39, 0.29) is 22.3 Å². The van der Waals surface area contributed by atoms with E-state index in [0.29, 0.717) is 18.8 Å². The molecule has 1 N–H and O–H groups in total. The average Bonchev–Trinajstić information content (AvgIpc) is 3.21. The fourth-order valence-corrected chi connectivity index (χ4v) is 3.20. The summed E-state index contributed by atoms with van der Waals surface area (Å²) in [5.74, 6) is -1.29. The van der Waals surface area contributed by atoms with Crippen LogP contribution in [0.4, 0.5) is 24.7 Å². The van der Waals surface area contributed by atoms with Gasteiger partial charge in [-0.15, -0.1) is 0 Å². The second-order valence-electron chi connectivity index (χ2n) is 7.98. The van der Waals surface area contributed by atoms with Crippen molar-refractivity contribution in [2.24, 2.45) is 0 Å². The van der Waals surface area contributed by atoms with E-state index in [9.17, 15) is 18.0 Å². The highest BCUT2D eigenvalue weighted by molar-refractivity contribution is 6.29. The lowest BCUT2D eigenvalue weighted by Gasteiger charge is -2.14. The molecule has 1 aromatic carbocycles. The quantitative estimate of drug-likeness (QED) is 0.414. The molecule has 2 atom stereocenters. The molecule has 3 heterocycles. The van der Waals surface area contributed by atoms with Crippen molar-refractivity contribution >= 4 is 29.6 Å². The number of rotatable bonds is 4. The second-order valence-corrected chi connectivity index (χ2v) is 8.37. The standard InChI is InChI=1S/C15H12ClF3N4O.C5H10O2/c16-11-7-12(22-13(21-11)15(17,18)19)20-10-3-1-9(2-4-10)14-8-23(14)5-6-24-14;1-5(2,3)7-4-6/h1-4,7H,5-6,8H2,(H,20,21,22);4H,1-3H3. The molecular weight excluding hydrogens is 437 g/mol. The fraction of sp³-hybridized carbons (Fsp3) is 0.450. The minimum absolute atomic E-state index is 0.0154. The van der Waals surface area contributed by atoms with Crippen LogP contribution in [0.2, 0.25) is 5.15 Å². The zero-order valence-electron chi connectivity index (χ0n) is 17.2. The number of carbonyl (C=O) groups is 1. The first-order chi connectivity index (χ1) is 14.4. The molecule has 0 saturated carbocycles. The van der Waals surface area contributed by atoms with Crippen molar-refractivity contribution in [3.63, 3.8) is 0 Å². The second kappa shape index (κ2) is 8.60. The van der Waals surface area contributed by atoms with Gasteiger partial charge in [0.15, 0.2) is 5.72 Å². The van der Waals surface area contributed by atoms with Crippen molar-refractivity contribution in [1.29, 1.82) is 0 Å². The highest BCUT2D eigenvalue weighted by Gasteiger charge is 2.58. The van der Waals surface area contributed by atoms with Gasteiger partial charge in [-0.3, -0.25) is 9.69 Å². The number of hydrogen-bond acceptors (Lipinski definition) is 7. The van der Waals surface area contributed by atoms with Crippen LogP contribution in [-0.2, 0) is 26.2 Å². The van der Waals surface area contributed by atoms with Crippen molar-refractivity contribution in [2.75, 3.05) is 25.0 Å². The molecule has 2 fully saturated rings. The van der Waals surface area contributed by atoms with Gasteiger partial charge in [-0.2, -0.15) is 13.2 Å². The number of hydrogen-bond donors (Lipinski definition) is 1. The first kappa shape index (κ1) is 23.2. The van der Waals surface area contributed by atoms with Gasteiger partial charge < -0.3 is 14.8 Å². The highest BCUT2D eigenvalue weighted by atomic mass is 35.5. The number of aromatic nitrogens is 2. The zero-order chi connectivity index (χ0) is 22.9. The van der Waals surface area contributed by atoms with Crippen LogP contribution in [0, 0.1) is 0 Å². The molecule has 0 aliphatic carbocycles. The molecule has 31 heavy (non-hydrogen) atoms. The maximum atomic E-state index is 12.7. The summed E-state index contributed by atoms with van der Waals surface area (Å²) < 4.78 is 48.5. The van der Waals surface area contributed by atoms with E-state index in [0.717, 1.165) is 18.7 Å². The van der Waals surface area contributed by atoms with Gasteiger partial charge in [-0.25, -0.2) is 9.97 Å². The Morgan fingerprint density at radius 3 is 2.35 bits per heavy atom. The van der Waals surface area contributed by atoms with Crippen LogP contribution in [0.1, 0.15) is 32.2 Å². The highest BCUT2D eigenvalue weighted by Crippen LogP contribution is 2.47. The molecule has 168 valence electrons. The van der Waals surface area contributed by atoms with Crippen LogP contribution in [0.5, 0.6) is 0 Å². The Morgan fingerprint density at radius 2 is 1.90 bits per heavy atom. The lowest BCUT2D eigenvalue weighted by Crippen LogP contribution is -2.17. The third-order valence-electron chi connectivity index (χ3n) is 4.47. The summed E-state index contributed by atoms with van der Waals surface area (Å²) in [4.78, 5) is 18.5. The summed E-state index contributed by atoms with van der Waals surface area (Å²) >= 11 is 5.64.